The molecule has 1 aliphatic rings. The number of allylic oxidation sites excluding steroid dienone is 5. The minimum absolute atomic E-state index is 0.113. The predicted octanol–water partition coefficient (Wildman–Crippen LogP) is 0.894. The van der Waals surface area contributed by atoms with Gasteiger partial charge < -0.3 is 0 Å². The van der Waals surface area contributed by atoms with Crippen molar-refractivity contribution in [1.29, 1.82) is 0 Å². The lowest BCUT2D eigenvalue weighted by molar-refractivity contribution is -0.129. The van der Waals surface area contributed by atoms with E-state index in [2.05, 4.69) is 11.8 Å². The Kier molecular flexibility index (Phi) is 2.88. The van der Waals surface area contributed by atoms with E-state index in [4.69, 9.17) is 1.43 Å². The maximum atomic E-state index is 11.0. The van der Waals surface area contributed by atoms with Crippen LogP contribution in [0.3, 0.4) is 0 Å². The van der Waals surface area contributed by atoms with Crippen LogP contribution in [-0.4, -0.2) is 16.9 Å². The third kappa shape index (κ3) is 2.67. The van der Waals surface area contributed by atoms with E-state index in [1.54, 1.807) is 12.2 Å². The van der Waals surface area contributed by atoms with Crippen LogP contribution < -0.4 is 5.48 Å². The Morgan fingerprint density at radius 1 is 1.64 bits per heavy atom. The van der Waals surface area contributed by atoms with Gasteiger partial charge in [-0.3, -0.25) is 14.8 Å². The smallest absolute Gasteiger partial charge is 0.246 e. The second-order valence-corrected chi connectivity index (χ2v) is 2.97. The second kappa shape index (κ2) is 4.53. The van der Waals surface area contributed by atoms with Gasteiger partial charge in [0, 0.05) is 12.0 Å². The molecule has 2 N–H and O–H groups in total. The zero-order chi connectivity index (χ0) is 11.3. The van der Waals surface area contributed by atoms with Crippen LogP contribution in [0.1, 0.15) is 12.8 Å². The summed E-state index contributed by atoms with van der Waals surface area (Å²) in [5.74, 6) is -0.487. The van der Waals surface area contributed by atoms with E-state index in [-0.39, 0.29) is 18.1 Å². The summed E-state index contributed by atoms with van der Waals surface area (Å²) in [7, 11) is 0. The molecule has 0 heterocycles. The molecule has 0 radical (unpaired) electrons. The lowest BCUT2D eigenvalue weighted by Crippen LogP contribution is -2.18. The van der Waals surface area contributed by atoms with Gasteiger partial charge in [0.2, 0.25) is 7.34 Å². The van der Waals surface area contributed by atoms with Gasteiger partial charge in [-0.15, -0.1) is 0 Å². The van der Waals surface area contributed by atoms with Crippen molar-refractivity contribution in [3.05, 3.63) is 36.0 Å². The number of nitrogens with one attached hydrogen (secondary N) is 1. The van der Waals surface area contributed by atoms with E-state index in [0.29, 0.717) is 12.0 Å². The summed E-state index contributed by atoms with van der Waals surface area (Å²) in [5, 5.41) is 3.72. The highest BCUT2D eigenvalue weighted by molar-refractivity contribution is 6.07. The molecule has 0 aromatic heterocycles. The summed E-state index contributed by atoms with van der Waals surface area (Å²) < 4.78 is 6.30. The maximum Gasteiger partial charge on any atom is 0.246 e. The molecule has 0 spiro atoms. The number of rotatable bonds is 4. The molecule has 0 saturated carbocycles. The fourth-order valence-electron chi connectivity index (χ4n) is 1.10. The summed E-state index contributed by atoms with van der Waals surface area (Å²) >= 11 is 0. The molecular weight excluding hydrogens is 182 g/mol. The van der Waals surface area contributed by atoms with Gasteiger partial charge in [-0.1, -0.05) is 12.7 Å². The Balaban J connectivity index is 2.44. The van der Waals surface area contributed by atoms with Crippen molar-refractivity contribution in [1.82, 2.24) is 5.48 Å². The Morgan fingerprint density at radius 2 is 2.43 bits per heavy atom. The van der Waals surface area contributed by atoms with Crippen LogP contribution >= 0.6 is 0 Å². The van der Waals surface area contributed by atoms with Gasteiger partial charge in [0.15, 0.2) is 5.78 Å². The Hall–Kier alpha value is -1.68. The zero-order valence-corrected chi connectivity index (χ0v) is 7.58. The Morgan fingerprint density at radius 3 is 3.07 bits per heavy atom. The second-order valence-electron chi connectivity index (χ2n) is 2.97. The lowest BCUT2D eigenvalue weighted by atomic mass is 9.99. The van der Waals surface area contributed by atoms with Crippen LogP contribution in [-0.2, 0) is 9.59 Å². The van der Waals surface area contributed by atoms with Crippen LogP contribution in [0.5, 0.6) is 0 Å². The van der Waals surface area contributed by atoms with Gasteiger partial charge in [0.05, 0.1) is 0 Å². The van der Waals surface area contributed by atoms with Crippen molar-refractivity contribution >= 4 is 11.7 Å². The van der Waals surface area contributed by atoms with Crippen molar-refractivity contribution in [2.24, 2.45) is 0 Å². The van der Waals surface area contributed by atoms with Crippen molar-refractivity contribution in [3.63, 3.8) is 0 Å². The summed E-state index contributed by atoms with van der Waals surface area (Å²) in [6.07, 6.45) is 5.42. The molecule has 0 bridgehead atoms. The first kappa shape index (κ1) is 8.90. The van der Waals surface area contributed by atoms with E-state index in [0.717, 1.165) is 5.57 Å². The largest absolute Gasteiger partial charge is 0.289 e. The van der Waals surface area contributed by atoms with Gasteiger partial charge in [0.25, 0.3) is 0 Å². The summed E-state index contributed by atoms with van der Waals surface area (Å²) in [6, 6.07) is 0. The zero-order valence-electron chi connectivity index (χ0n) is 8.58. The van der Waals surface area contributed by atoms with E-state index >= 15 is 0 Å². The highest BCUT2D eigenvalue weighted by Gasteiger charge is 2.08. The molecule has 0 aromatic rings. The first-order valence-corrected chi connectivity index (χ1v) is 4.16. The van der Waals surface area contributed by atoms with E-state index in [1.807, 2.05) is 5.48 Å². The first-order valence-electron chi connectivity index (χ1n) is 4.57. The molecule has 0 aromatic carbocycles. The standard InChI is InChI=1S/C10H11NO3/c1-7-6-8(2-4-9(7)12)3-5-10(13)11-14/h2,4,6,14H,1,3,5H2,(H,11,13)/i/hD. The van der Waals surface area contributed by atoms with Crippen LogP contribution in [0.2, 0.25) is 1.43 Å². The van der Waals surface area contributed by atoms with Gasteiger partial charge in [0.1, 0.15) is 0 Å². The predicted molar refractivity (Wildman–Crippen MR) is 50.5 cm³/mol. The number of carbonyl (C=O) groups is 2. The SMILES string of the molecule is [2H]ONC(=O)CCC1=CC(=C)C(=O)C=C1. The molecule has 0 saturated heterocycles. The molecular formula is C10H11NO3. The number of hydroxylamine groups is 1. The van der Waals surface area contributed by atoms with Crippen LogP contribution in [0.4, 0.5) is 0 Å². The van der Waals surface area contributed by atoms with E-state index in [9.17, 15) is 9.59 Å². The van der Waals surface area contributed by atoms with Crippen molar-refractivity contribution in [2.45, 2.75) is 12.8 Å². The molecule has 4 heteroatoms. The van der Waals surface area contributed by atoms with Crippen LogP contribution in [0, 0.1) is 0 Å². The highest BCUT2D eigenvalue weighted by Crippen LogP contribution is 2.15. The summed E-state index contributed by atoms with van der Waals surface area (Å²) in [5.41, 5.74) is 3.17. The Labute approximate surface area is 83.1 Å². The lowest BCUT2D eigenvalue weighted by Gasteiger charge is -2.06. The maximum absolute atomic E-state index is 11.0. The van der Waals surface area contributed by atoms with Gasteiger partial charge in [-0.25, -0.2) is 5.48 Å². The van der Waals surface area contributed by atoms with Crippen LogP contribution in [0.15, 0.2) is 36.0 Å². The van der Waals surface area contributed by atoms with Gasteiger partial charge >= 0.3 is 0 Å². The average molecular weight is 194 g/mol. The average Bonchev–Trinajstić information content (AvgIpc) is 2.20. The monoisotopic (exact) mass is 194 g/mol. The van der Waals surface area contributed by atoms with Gasteiger partial charge in [-0.2, -0.15) is 0 Å². The summed E-state index contributed by atoms with van der Waals surface area (Å²) in [4.78, 5) is 22.0. The molecule has 0 atom stereocenters. The number of hydrogen-bond acceptors (Lipinski definition) is 3. The molecule has 0 unspecified atom stereocenters. The molecule has 0 aliphatic heterocycles. The van der Waals surface area contributed by atoms with Crippen LogP contribution in [0.25, 0.3) is 0 Å². The molecule has 4 nitrogen and oxygen atoms in total. The third-order valence-corrected chi connectivity index (χ3v) is 1.88. The molecule has 1 aliphatic carbocycles. The highest BCUT2D eigenvalue weighted by atomic mass is 16.5. The van der Waals surface area contributed by atoms with Crippen molar-refractivity contribution < 1.29 is 16.2 Å². The quantitative estimate of drug-likeness (QED) is 0.397. The fourth-order valence-corrected chi connectivity index (χ4v) is 1.10. The van der Waals surface area contributed by atoms with Gasteiger partial charge in [-0.05, 0) is 24.1 Å². The number of ketones is 1. The molecule has 14 heavy (non-hydrogen) atoms. The molecule has 1 rings (SSSR count). The van der Waals surface area contributed by atoms with Crippen molar-refractivity contribution in [2.75, 3.05) is 0 Å². The van der Waals surface area contributed by atoms with E-state index in [1.165, 1.54) is 6.08 Å². The first-order chi connectivity index (χ1) is 7.13. The molecule has 74 valence electrons. The normalized spacial score (nSPS) is 16.3. The minimum atomic E-state index is -0.373. The number of hydrogen-bond donors (Lipinski definition) is 2. The molecule has 1 amide bonds. The topological polar surface area (TPSA) is 66.4 Å². The third-order valence-electron chi connectivity index (χ3n) is 1.88. The number of amides is 1. The Bertz CT molecular complexity index is 358. The minimum Gasteiger partial charge on any atom is -0.289 e. The molecule has 0 fully saturated rings. The van der Waals surface area contributed by atoms with E-state index < -0.39 is 0 Å². The summed E-state index contributed by atoms with van der Waals surface area (Å²) in [6.45, 7) is 3.58. The fraction of sp³-hybridized carbons (Fsp3) is 0.200. The van der Waals surface area contributed by atoms with Crippen molar-refractivity contribution in [3.8, 4) is 0 Å². The number of carbonyl (C=O) groups excluding carboxylic acids is 2.